The molecule has 86 valence electrons. The Balaban J connectivity index is 0.00000128. The van der Waals surface area contributed by atoms with Crippen LogP contribution in [-0.4, -0.2) is 10.2 Å². The van der Waals surface area contributed by atoms with Gasteiger partial charge in [-0.3, -0.25) is 0 Å². The molecule has 0 aliphatic carbocycles. The number of hydrogen-bond donors (Lipinski definition) is 1. The second-order valence-electron chi connectivity index (χ2n) is 3.72. The lowest BCUT2D eigenvalue weighted by Crippen LogP contribution is -1.86. The molecule has 16 heavy (non-hydrogen) atoms. The van der Waals surface area contributed by atoms with Gasteiger partial charge in [0.1, 0.15) is 5.01 Å². The van der Waals surface area contributed by atoms with Gasteiger partial charge in [0.05, 0.1) is 0 Å². The van der Waals surface area contributed by atoms with E-state index in [0.29, 0.717) is 11.0 Å². The highest BCUT2D eigenvalue weighted by Gasteiger charge is 2.05. The summed E-state index contributed by atoms with van der Waals surface area (Å²) in [5.74, 6) is 0.554. The van der Waals surface area contributed by atoms with Crippen molar-refractivity contribution in [1.82, 2.24) is 10.2 Å². The molecule has 2 N–H and O–H groups in total. The fourth-order valence-corrected chi connectivity index (χ4v) is 1.98. The smallest absolute Gasteiger partial charge is 0.203 e. The third-order valence-electron chi connectivity index (χ3n) is 2.26. The molecular formula is C12H17N3S. The van der Waals surface area contributed by atoms with E-state index in [1.807, 2.05) is 0 Å². The Morgan fingerprint density at radius 1 is 1.12 bits per heavy atom. The van der Waals surface area contributed by atoms with E-state index in [-0.39, 0.29) is 7.43 Å². The lowest BCUT2D eigenvalue weighted by Gasteiger charge is -2.04. The van der Waals surface area contributed by atoms with Crippen LogP contribution in [0.1, 0.15) is 32.8 Å². The summed E-state index contributed by atoms with van der Waals surface area (Å²) in [6, 6.07) is 8.37. The van der Waals surface area contributed by atoms with Crippen molar-refractivity contribution < 1.29 is 0 Å². The number of aromatic nitrogens is 2. The number of rotatable bonds is 2. The Labute approximate surface area is 100 Å². The van der Waals surface area contributed by atoms with Gasteiger partial charge in [0.15, 0.2) is 0 Å². The summed E-state index contributed by atoms with van der Waals surface area (Å²) in [4.78, 5) is 0. The van der Waals surface area contributed by atoms with Gasteiger partial charge in [-0.2, -0.15) is 0 Å². The Hall–Kier alpha value is -1.42. The van der Waals surface area contributed by atoms with E-state index >= 15 is 0 Å². The van der Waals surface area contributed by atoms with Gasteiger partial charge < -0.3 is 5.73 Å². The van der Waals surface area contributed by atoms with Crippen molar-refractivity contribution in [2.45, 2.75) is 27.2 Å². The summed E-state index contributed by atoms with van der Waals surface area (Å²) in [7, 11) is 0. The van der Waals surface area contributed by atoms with E-state index in [2.05, 4.69) is 48.3 Å². The van der Waals surface area contributed by atoms with Gasteiger partial charge in [-0.15, -0.1) is 10.2 Å². The maximum Gasteiger partial charge on any atom is 0.203 e. The minimum Gasteiger partial charge on any atom is -0.374 e. The zero-order chi connectivity index (χ0) is 10.8. The van der Waals surface area contributed by atoms with Crippen LogP contribution < -0.4 is 5.73 Å². The van der Waals surface area contributed by atoms with Crippen molar-refractivity contribution in [3.05, 3.63) is 29.8 Å². The summed E-state index contributed by atoms with van der Waals surface area (Å²) < 4.78 is 0. The van der Waals surface area contributed by atoms with Gasteiger partial charge >= 0.3 is 0 Å². The highest BCUT2D eigenvalue weighted by molar-refractivity contribution is 7.18. The average Bonchev–Trinajstić information content (AvgIpc) is 2.65. The van der Waals surface area contributed by atoms with Crippen LogP contribution in [0.3, 0.4) is 0 Å². The fraction of sp³-hybridized carbons (Fsp3) is 0.333. The SMILES string of the molecule is C.CC(C)c1ccc(-c2nnc(N)s2)cc1. The van der Waals surface area contributed by atoms with E-state index in [4.69, 9.17) is 5.73 Å². The van der Waals surface area contributed by atoms with Crippen LogP contribution in [0.15, 0.2) is 24.3 Å². The number of nitrogens with zero attached hydrogens (tertiary/aromatic N) is 2. The van der Waals surface area contributed by atoms with Crippen molar-refractivity contribution in [3.63, 3.8) is 0 Å². The van der Waals surface area contributed by atoms with E-state index in [1.165, 1.54) is 16.9 Å². The first-order valence-electron chi connectivity index (χ1n) is 4.86. The Bertz CT molecular complexity index is 446. The number of nitrogens with two attached hydrogens (primary N) is 1. The molecule has 0 amide bonds. The third kappa shape index (κ3) is 2.58. The number of nitrogen functional groups attached to an aromatic ring is 1. The molecule has 0 unspecified atom stereocenters. The molecule has 0 aliphatic heterocycles. The van der Waals surface area contributed by atoms with Crippen LogP contribution in [0.2, 0.25) is 0 Å². The Morgan fingerprint density at radius 3 is 2.19 bits per heavy atom. The van der Waals surface area contributed by atoms with E-state index in [9.17, 15) is 0 Å². The summed E-state index contributed by atoms with van der Waals surface area (Å²) >= 11 is 1.41. The highest BCUT2D eigenvalue weighted by Crippen LogP contribution is 2.26. The average molecular weight is 235 g/mol. The largest absolute Gasteiger partial charge is 0.374 e. The molecule has 0 atom stereocenters. The highest BCUT2D eigenvalue weighted by atomic mass is 32.1. The lowest BCUT2D eigenvalue weighted by atomic mass is 10.0. The molecule has 1 heterocycles. The molecule has 0 bridgehead atoms. The van der Waals surface area contributed by atoms with Crippen molar-refractivity contribution in [3.8, 4) is 10.6 Å². The summed E-state index contributed by atoms with van der Waals surface area (Å²) in [6.07, 6.45) is 0. The van der Waals surface area contributed by atoms with Crippen LogP contribution in [0.4, 0.5) is 5.13 Å². The van der Waals surface area contributed by atoms with Crippen molar-refractivity contribution in [1.29, 1.82) is 0 Å². The van der Waals surface area contributed by atoms with Gasteiger partial charge in [-0.25, -0.2) is 0 Å². The molecule has 0 aliphatic rings. The Morgan fingerprint density at radius 2 is 1.75 bits per heavy atom. The third-order valence-corrected chi connectivity index (χ3v) is 3.07. The first-order chi connectivity index (χ1) is 7.16. The molecule has 0 spiro atoms. The van der Waals surface area contributed by atoms with Crippen LogP contribution in [0.25, 0.3) is 10.6 Å². The maximum atomic E-state index is 5.54. The number of hydrogen-bond acceptors (Lipinski definition) is 4. The van der Waals surface area contributed by atoms with Gasteiger partial charge in [-0.1, -0.05) is 56.9 Å². The van der Waals surface area contributed by atoms with Gasteiger partial charge in [0, 0.05) is 5.56 Å². The molecule has 4 heteroatoms. The Kier molecular flexibility index (Phi) is 4.01. The van der Waals surface area contributed by atoms with E-state index in [0.717, 1.165) is 10.6 Å². The molecule has 0 saturated carbocycles. The van der Waals surface area contributed by atoms with Crippen molar-refractivity contribution >= 4 is 16.5 Å². The maximum absolute atomic E-state index is 5.54. The van der Waals surface area contributed by atoms with Crippen LogP contribution >= 0.6 is 11.3 Å². The molecule has 0 saturated heterocycles. The summed E-state index contributed by atoms with van der Waals surface area (Å²) in [6.45, 7) is 4.36. The summed E-state index contributed by atoms with van der Waals surface area (Å²) in [5.41, 5.74) is 7.95. The minimum absolute atomic E-state index is 0. The van der Waals surface area contributed by atoms with Crippen molar-refractivity contribution in [2.24, 2.45) is 0 Å². The minimum atomic E-state index is 0. The van der Waals surface area contributed by atoms with Crippen LogP contribution in [0, 0.1) is 0 Å². The first-order valence-corrected chi connectivity index (χ1v) is 5.68. The van der Waals surface area contributed by atoms with Crippen LogP contribution in [0.5, 0.6) is 0 Å². The molecule has 1 aromatic carbocycles. The molecule has 3 nitrogen and oxygen atoms in total. The normalized spacial score (nSPS) is 10.2. The van der Waals surface area contributed by atoms with Gasteiger partial charge in [-0.05, 0) is 11.5 Å². The second kappa shape index (κ2) is 5.07. The van der Waals surface area contributed by atoms with Crippen molar-refractivity contribution in [2.75, 3.05) is 5.73 Å². The second-order valence-corrected chi connectivity index (χ2v) is 4.73. The lowest BCUT2D eigenvalue weighted by molar-refractivity contribution is 0.867. The monoisotopic (exact) mass is 235 g/mol. The first kappa shape index (κ1) is 12.6. The number of anilines is 1. The fourth-order valence-electron chi connectivity index (χ4n) is 1.36. The number of benzene rings is 1. The molecule has 0 radical (unpaired) electrons. The van der Waals surface area contributed by atoms with E-state index in [1.54, 1.807) is 0 Å². The predicted molar refractivity (Wildman–Crippen MR) is 70.6 cm³/mol. The standard InChI is InChI=1S/C11H13N3S.CH4/c1-7(2)8-3-5-9(6-4-8)10-13-14-11(12)15-10;/h3-7H,1-2H3,(H2,12,14);1H4. The predicted octanol–water partition coefficient (Wildman–Crippen LogP) is 3.55. The molecule has 2 rings (SSSR count). The molecule has 2 aromatic rings. The topological polar surface area (TPSA) is 51.8 Å². The van der Waals surface area contributed by atoms with E-state index < -0.39 is 0 Å². The van der Waals surface area contributed by atoms with Crippen LogP contribution in [-0.2, 0) is 0 Å². The summed E-state index contributed by atoms with van der Waals surface area (Å²) in [5, 5.41) is 9.19. The zero-order valence-corrected chi connectivity index (χ0v) is 9.58. The van der Waals surface area contributed by atoms with Gasteiger partial charge in [0.2, 0.25) is 5.13 Å². The molecule has 1 aromatic heterocycles. The van der Waals surface area contributed by atoms with Gasteiger partial charge in [0.25, 0.3) is 0 Å². The molecule has 0 fully saturated rings. The quantitative estimate of drug-likeness (QED) is 0.866. The molecular weight excluding hydrogens is 218 g/mol. The zero-order valence-electron chi connectivity index (χ0n) is 8.77.